The molecule has 0 N–H and O–H groups in total. The van der Waals surface area contributed by atoms with Crippen molar-refractivity contribution in [1.29, 1.82) is 0 Å². The summed E-state index contributed by atoms with van der Waals surface area (Å²) in [4.78, 5) is 0. The molecule has 8 rings (SSSR count). The highest BCUT2D eigenvalue weighted by Gasteiger charge is 2.52. The number of rotatable bonds is 2. The van der Waals surface area contributed by atoms with Crippen LogP contribution in [-0.2, 0) is 9.31 Å². The topological polar surface area (TPSA) is 31.6 Å². The third-order valence-corrected chi connectivity index (χ3v) is 9.64. The third-order valence-electron chi connectivity index (χ3n) is 9.64. The summed E-state index contributed by atoms with van der Waals surface area (Å²) in [7, 11) is -0.442. The first-order valence-corrected chi connectivity index (χ1v) is 13.8. The van der Waals surface area contributed by atoms with Gasteiger partial charge in [0.15, 0.2) is 0 Å². The largest absolute Gasteiger partial charge is 0.495 e. The van der Waals surface area contributed by atoms with Crippen molar-refractivity contribution in [1.82, 2.24) is 0 Å². The van der Waals surface area contributed by atoms with Gasteiger partial charge in [0.25, 0.3) is 0 Å². The molecule has 4 aliphatic carbocycles. The molecular weight excluding hydrogens is 467 g/mol. The smallest absolute Gasteiger partial charge is 0.456 e. The summed E-state index contributed by atoms with van der Waals surface area (Å²) in [6, 6.07) is 12.8. The van der Waals surface area contributed by atoms with Crippen LogP contribution in [0.5, 0.6) is 0 Å². The molecule has 2 aromatic carbocycles. The first-order chi connectivity index (χ1) is 18.3. The number of fused-ring (bicyclic) bond motifs is 3. The lowest BCUT2D eigenvalue weighted by molar-refractivity contribution is 0.00578. The average Bonchev–Trinajstić information content (AvgIpc) is 3.39. The lowest BCUT2D eigenvalue weighted by Gasteiger charge is -2.42. The highest BCUT2D eigenvalue weighted by Crippen LogP contribution is 2.52. The van der Waals surface area contributed by atoms with Crippen LogP contribution in [0.15, 0.2) is 106 Å². The molecule has 1 fully saturated rings. The number of hydrogen-bond donors (Lipinski definition) is 0. The van der Waals surface area contributed by atoms with Crippen LogP contribution in [0.25, 0.3) is 27.5 Å². The zero-order chi connectivity index (χ0) is 25.8. The lowest BCUT2D eigenvalue weighted by Crippen LogP contribution is -2.41. The summed E-state index contributed by atoms with van der Waals surface area (Å²) in [6.07, 6.45) is 18.8. The Balaban J connectivity index is 1.29. The van der Waals surface area contributed by atoms with Crippen molar-refractivity contribution in [2.24, 2.45) is 11.8 Å². The second-order valence-corrected chi connectivity index (χ2v) is 12.3. The van der Waals surface area contributed by atoms with E-state index in [1.807, 2.05) is 12.1 Å². The van der Waals surface area contributed by atoms with Crippen molar-refractivity contribution >= 4 is 40.1 Å². The van der Waals surface area contributed by atoms with E-state index in [-0.39, 0.29) is 0 Å². The van der Waals surface area contributed by atoms with E-state index in [1.54, 1.807) is 5.57 Å². The normalized spacial score (nSPS) is 26.5. The van der Waals surface area contributed by atoms with E-state index in [2.05, 4.69) is 94.5 Å². The molecule has 5 aliphatic rings. The molecule has 2 heterocycles. The molecule has 4 heteroatoms. The predicted molar refractivity (Wildman–Crippen MR) is 155 cm³/mol. The van der Waals surface area contributed by atoms with Gasteiger partial charge in [-0.3, -0.25) is 0 Å². The quantitative estimate of drug-likeness (QED) is 0.341. The summed E-state index contributed by atoms with van der Waals surface area (Å²) in [5.41, 5.74) is 10.4. The van der Waals surface area contributed by atoms with Gasteiger partial charge in [0.2, 0.25) is 0 Å². The minimum atomic E-state index is -0.442. The number of benzene rings is 2. The number of furan rings is 1. The van der Waals surface area contributed by atoms with Gasteiger partial charge in [-0.05, 0) is 92.1 Å². The Morgan fingerprint density at radius 1 is 0.816 bits per heavy atom. The fourth-order valence-corrected chi connectivity index (χ4v) is 6.96. The van der Waals surface area contributed by atoms with Crippen LogP contribution in [0.4, 0.5) is 0 Å². The first kappa shape index (κ1) is 22.6. The predicted octanol–water partition coefficient (Wildman–Crippen LogP) is 7.60. The molecule has 2 unspecified atom stereocenters. The zero-order valence-electron chi connectivity index (χ0n) is 22.4. The Morgan fingerprint density at radius 2 is 1.63 bits per heavy atom. The Morgan fingerprint density at radius 3 is 2.47 bits per heavy atom. The van der Waals surface area contributed by atoms with Crippen molar-refractivity contribution in [2.45, 2.75) is 51.7 Å². The molecule has 1 aliphatic heterocycles. The van der Waals surface area contributed by atoms with Gasteiger partial charge in [0, 0.05) is 22.6 Å². The van der Waals surface area contributed by atoms with E-state index in [1.165, 1.54) is 34.3 Å². The molecule has 2 atom stereocenters. The van der Waals surface area contributed by atoms with Crippen LogP contribution in [-0.4, -0.2) is 18.3 Å². The van der Waals surface area contributed by atoms with Crippen LogP contribution < -0.4 is 5.46 Å². The molecule has 0 bridgehead atoms. The van der Waals surface area contributed by atoms with Crippen LogP contribution in [0, 0.1) is 11.8 Å². The van der Waals surface area contributed by atoms with Crippen molar-refractivity contribution in [3.63, 3.8) is 0 Å². The van der Waals surface area contributed by atoms with Crippen molar-refractivity contribution in [3.8, 4) is 0 Å². The molecule has 0 radical (unpaired) electrons. The second kappa shape index (κ2) is 7.62. The molecule has 38 heavy (non-hydrogen) atoms. The second-order valence-electron chi connectivity index (χ2n) is 12.3. The first-order valence-electron chi connectivity index (χ1n) is 13.8. The van der Waals surface area contributed by atoms with E-state index < -0.39 is 18.3 Å². The van der Waals surface area contributed by atoms with Gasteiger partial charge >= 0.3 is 7.12 Å². The van der Waals surface area contributed by atoms with Gasteiger partial charge in [-0.15, -0.1) is 0 Å². The summed E-state index contributed by atoms with van der Waals surface area (Å²) in [6.45, 7) is 8.39. The van der Waals surface area contributed by atoms with Crippen LogP contribution in [0.3, 0.4) is 0 Å². The van der Waals surface area contributed by atoms with E-state index >= 15 is 0 Å². The Kier molecular flexibility index (Phi) is 4.54. The van der Waals surface area contributed by atoms with Crippen molar-refractivity contribution < 1.29 is 13.7 Å². The van der Waals surface area contributed by atoms with Crippen molar-refractivity contribution in [3.05, 3.63) is 107 Å². The summed E-state index contributed by atoms with van der Waals surface area (Å²) >= 11 is 0. The van der Waals surface area contributed by atoms with E-state index in [4.69, 9.17) is 13.7 Å². The summed E-state index contributed by atoms with van der Waals surface area (Å²) < 4.78 is 19.3. The third kappa shape index (κ3) is 3.05. The van der Waals surface area contributed by atoms with Gasteiger partial charge in [0.05, 0.1) is 11.2 Å². The average molecular weight is 498 g/mol. The minimum Gasteiger partial charge on any atom is -0.456 e. The van der Waals surface area contributed by atoms with Crippen LogP contribution in [0.2, 0.25) is 0 Å². The Hall–Kier alpha value is -3.34. The maximum Gasteiger partial charge on any atom is 0.495 e. The fourth-order valence-electron chi connectivity index (χ4n) is 6.96. The van der Waals surface area contributed by atoms with Gasteiger partial charge in [-0.1, -0.05) is 66.3 Å². The highest BCUT2D eigenvalue weighted by atomic mass is 16.7. The van der Waals surface area contributed by atoms with E-state index in [0.29, 0.717) is 11.8 Å². The molecule has 3 nitrogen and oxygen atoms in total. The SMILES string of the molecule is CC1(C)OB(c2cccc3oc4ccc(C5=C6C=CC7=CCCC8=CC=C(C=C5)C6C78)cc4c23)OC1(C)C. The fraction of sp³-hybridized carbons (Fsp3) is 0.294. The minimum absolute atomic E-state index is 0.401. The van der Waals surface area contributed by atoms with Crippen LogP contribution in [0.1, 0.15) is 46.1 Å². The number of allylic oxidation sites excluding steroid dienone is 12. The zero-order valence-corrected chi connectivity index (χ0v) is 22.4. The molecular formula is C34H31BO3. The van der Waals surface area contributed by atoms with Gasteiger partial charge in [-0.25, -0.2) is 0 Å². The molecule has 1 saturated heterocycles. The Labute approximate surface area is 224 Å². The van der Waals surface area contributed by atoms with Gasteiger partial charge in [0.1, 0.15) is 11.2 Å². The maximum atomic E-state index is 6.46. The van der Waals surface area contributed by atoms with Gasteiger partial charge < -0.3 is 13.7 Å². The molecule has 1 aromatic heterocycles. The highest BCUT2D eigenvalue weighted by molar-refractivity contribution is 6.66. The molecule has 0 amide bonds. The lowest BCUT2D eigenvalue weighted by atomic mass is 9.62. The van der Waals surface area contributed by atoms with Crippen LogP contribution >= 0.6 is 0 Å². The summed E-state index contributed by atoms with van der Waals surface area (Å²) in [5.74, 6) is 0.890. The summed E-state index contributed by atoms with van der Waals surface area (Å²) in [5, 5.41) is 2.18. The van der Waals surface area contributed by atoms with Crippen molar-refractivity contribution in [2.75, 3.05) is 0 Å². The standard InChI is InChI=1S/C34H31BO3/c1-33(2)34(3,4)38-35(37-33)27-9-6-10-29-32(27)26-19-23(15-18-28(26)36-29)24-16-13-22-12-11-20-7-5-8-21-14-17-25(24)31(22)30(20)21/h6,8-19,30-31H,5,7H2,1-4H3. The van der Waals surface area contributed by atoms with Gasteiger partial charge in [-0.2, -0.15) is 0 Å². The maximum absolute atomic E-state index is 6.46. The molecule has 3 aromatic rings. The molecule has 0 spiro atoms. The number of hydrogen-bond acceptors (Lipinski definition) is 3. The Bertz CT molecular complexity index is 1720. The van der Waals surface area contributed by atoms with E-state index in [0.717, 1.165) is 33.8 Å². The monoisotopic (exact) mass is 498 g/mol. The molecule has 188 valence electrons. The molecule has 0 saturated carbocycles. The van der Waals surface area contributed by atoms with E-state index in [9.17, 15) is 0 Å².